The van der Waals surface area contributed by atoms with E-state index in [2.05, 4.69) is 11.8 Å². The molecule has 0 heterocycles. The molecule has 1 aromatic carbocycles. The van der Waals surface area contributed by atoms with E-state index >= 15 is 0 Å². The van der Waals surface area contributed by atoms with Gasteiger partial charge in [-0.2, -0.15) is 0 Å². The van der Waals surface area contributed by atoms with E-state index < -0.39 is 0 Å². The number of ether oxygens (including phenoxy) is 1. The van der Waals surface area contributed by atoms with Gasteiger partial charge in [0.1, 0.15) is 5.75 Å². The molecule has 0 aliphatic rings. The topological polar surface area (TPSA) is 29.5 Å². The van der Waals surface area contributed by atoms with E-state index in [0.29, 0.717) is 11.3 Å². The molecule has 15 heavy (non-hydrogen) atoms. The number of carbonyl (C=O) groups excluding carboxylic acids is 1. The van der Waals surface area contributed by atoms with E-state index in [1.807, 2.05) is 26.2 Å². The molecule has 1 atom stereocenters. The van der Waals surface area contributed by atoms with Gasteiger partial charge in [-0.15, -0.1) is 0 Å². The fraction of sp³-hybridized carbons (Fsp3) is 0.417. The van der Waals surface area contributed by atoms with Crippen LogP contribution in [0.1, 0.15) is 28.9 Å². The van der Waals surface area contributed by atoms with Crippen LogP contribution in [0.3, 0.4) is 0 Å². The summed E-state index contributed by atoms with van der Waals surface area (Å²) in [6, 6.07) is 5.86. The molecule has 0 amide bonds. The second-order valence-electron chi connectivity index (χ2n) is 3.72. The van der Waals surface area contributed by atoms with Crippen molar-refractivity contribution >= 4 is 6.29 Å². The molecule has 1 unspecified atom stereocenters. The normalized spacial score (nSPS) is 12.6. The number of carbonyl (C=O) groups is 1. The lowest BCUT2D eigenvalue weighted by Gasteiger charge is -2.22. The first-order valence-electron chi connectivity index (χ1n) is 4.90. The van der Waals surface area contributed by atoms with E-state index in [4.69, 9.17) is 4.74 Å². The maximum atomic E-state index is 11.0. The Bertz CT molecular complexity index is 347. The fourth-order valence-electron chi connectivity index (χ4n) is 1.51. The molecule has 0 spiro atoms. The minimum atomic E-state index is 0.195. The molecule has 82 valence electrons. The Morgan fingerprint density at radius 3 is 2.53 bits per heavy atom. The van der Waals surface area contributed by atoms with Gasteiger partial charge >= 0.3 is 0 Å². The lowest BCUT2D eigenvalue weighted by atomic mass is 10.0. The standard InChI is InChI=1S/C12H17NO2/c1-9(13(2)3)10-6-5-7-12(15-4)11(10)8-14/h5-9H,1-4H3. The summed E-state index contributed by atoms with van der Waals surface area (Å²) in [5.74, 6) is 0.635. The predicted octanol–water partition coefficient (Wildman–Crippen LogP) is 2.13. The second-order valence-corrected chi connectivity index (χ2v) is 3.72. The van der Waals surface area contributed by atoms with Crippen molar-refractivity contribution in [2.24, 2.45) is 0 Å². The van der Waals surface area contributed by atoms with Gasteiger partial charge in [0.05, 0.1) is 12.7 Å². The highest BCUT2D eigenvalue weighted by Gasteiger charge is 2.15. The van der Waals surface area contributed by atoms with Crippen LogP contribution in [-0.4, -0.2) is 32.4 Å². The van der Waals surface area contributed by atoms with Crippen molar-refractivity contribution in [3.63, 3.8) is 0 Å². The fourth-order valence-corrected chi connectivity index (χ4v) is 1.51. The summed E-state index contributed by atoms with van der Waals surface area (Å²) >= 11 is 0. The van der Waals surface area contributed by atoms with E-state index in [-0.39, 0.29) is 6.04 Å². The van der Waals surface area contributed by atoms with Crippen LogP contribution in [0.15, 0.2) is 18.2 Å². The molecule has 0 aliphatic heterocycles. The molecule has 0 aromatic heterocycles. The summed E-state index contributed by atoms with van der Waals surface area (Å²) in [7, 11) is 5.55. The van der Waals surface area contributed by atoms with E-state index in [9.17, 15) is 4.79 Å². The van der Waals surface area contributed by atoms with Crippen LogP contribution in [0.5, 0.6) is 5.75 Å². The maximum absolute atomic E-state index is 11.0. The summed E-state index contributed by atoms with van der Waals surface area (Å²) in [6.45, 7) is 2.06. The summed E-state index contributed by atoms with van der Waals surface area (Å²) in [6.07, 6.45) is 0.855. The van der Waals surface area contributed by atoms with Gasteiger partial charge in [-0.25, -0.2) is 0 Å². The van der Waals surface area contributed by atoms with Gasteiger partial charge in [-0.1, -0.05) is 12.1 Å². The van der Waals surface area contributed by atoms with Crippen molar-refractivity contribution in [3.05, 3.63) is 29.3 Å². The van der Waals surface area contributed by atoms with Gasteiger partial charge in [-0.3, -0.25) is 4.79 Å². The smallest absolute Gasteiger partial charge is 0.154 e. The molecule has 0 bridgehead atoms. The number of hydrogen-bond acceptors (Lipinski definition) is 3. The lowest BCUT2D eigenvalue weighted by molar-refractivity contribution is 0.111. The Labute approximate surface area is 90.7 Å². The molecule has 3 heteroatoms. The summed E-state index contributed by atoms with van der Waals surface area (Å²) in [4.78, 5) is 13.1. The van der Waals surface area contributed by atoms with Gasteiger partial charge < -0.3 is 9.64 Å². The van der Waals surface area contributed by atoms with Crippen molar-refractivity contribution in [2.75, 3.05) is 21.2 Å². The van der Waals surface area contributed by atoms with Crippen LogP contribution >= 0.6 is 0 Å². The Balaban J connectivity index is 3.22. The molecule has 0 radical (unpaired) electrons. The minimum absolute atomic E-state index is 0.195. The predicted molar refractivity (Wildman–Crippen MR) is 60.5 cm³/mol. The number of nitrogens with zero attached hydrogens (tertiary/aromatic N) is 1. The summed E-state index contributed by atoms with van der Waals surface area (Å²) in [5.41, 5.74) is 1.63. The van der Waals surface area contributed by atoms with Gasteiger partial charge in [0.2, 0.25) is 0 Å². The van der Waals surface area contributed by atoms with Crippen molar-refractivity contribution < 1.29 is 9.53 Å². The van der Waals surface area contributed by atoms with Crippen LogP contribution < -0.4 is 4.74 Å². The molecule has 0 aliphatic carbocycles. The first kappa shape index (κ1) is 11.7. The van der Waals surface area contributed by atoms with Crippen molar-refractivity contribution in [3.8, 4) is 5.75 Å². The number of methoxy groups -OCH3 is 1. The highest BCUT2D eigenvalue weighted by Crippen LogP contribution is 2.27. The second kappa shape index (κ2) is 4.94. The molecular weight excluding hydrogens is 190 g/mol. The van der Waals surface area contributed by atoms with E-state index in [1.165, 1.54) is 0 Å². The summed E-state index contributed by atoms with van der Waals surface area (Å²) < 4.78 is 5.16. The molecule has 0 N–H and O–H groups in total. The molecule has 0 saturated heterocycles. The van der Waals surface area contributed by atoms with Crippen LogP contribution in [0.2, 0.25) is 0 Å². The molecule has 3 nitrogen and oxygen atoms in total. The van der Waals surface area contributed by atoms with Gasteiger partial charge in [0.15, 0.2) is 6.29 Å². The first-order valence-corrected chi connectivity index (χ1v) is 4.90. The largest absolute Gasteiger partial charge is 0.496 e. The van der Waals surface area contributed by atoms with Crippen LogP contribution in [-0.2, 0) is 0 Å². The highest BCUT2D eigenvalue weighted by molar-refractivity contribution is 5.82. The van der Waals surface area contributed by atoms with Crippen LogP contribution in [0.4, 0.5) is 0 Å². The van der Waals surface area contributed by atoms with Crippen molar-refractivity contribution in [1.82, 2.24) is 4.90 Å². The van der Waals surface area contributed by atoms with Gasteiger partial charge in [0, 0.05) is 6.04 Å². The number of hydrogen-bond donors (Lipinski definition) is 0. The molecule has 1 rings (SSSR count). The minimum Gasteiger partial charge on any atom is -0.496 e. The molecule has 1 aromatic rings. The Hall–Kier alpha value is -1.35. The number of aldehydes is 1. The maximum Gasteiger partial charge on any atom is 0.154 e. The third-order valence-electron chi connectivity index (χ3n) is 2.66. The summed E-state index contributed by atoms with van der Waals surface area (Å²) in [5, 5.41) is 0. The first-order chi connectivity index (χ1) is 7.11. The Morgan fingerprint density at radius 1 is 1.40 bits per heavy atom. The third kappa shape index (κ3) is 2.36. The van der Waals surface area contributed by atoms with E-state index in [0.717, 1.165) is 11.8 Å². The highest BCUT2D eigenvalue weighted by atomic mass is 16.5. The van der Waals surface area contributed by atoms with Crippen LogP contribution in [0.25, 0.3) is 0 Å². The van der Waals surface area contributed by atoms with Crippen LogP contribution in [0, 0.1) is 0 Å². The zero-order valence-electron chi connectivity index (χ0n) is 9.65. The molecule has 0 saturated carbocycles. The number of rotatable bonds is 4. The third-order valence-corrected chi connectivity index (χ3v) is 2.66. The monoisotopic (exact) mass is 207 g/mol. The Morgan fingerprint density at radius 2 is 2.07 bits per heavy atom. The van der Waals surface area contributed by atoms with Crippen molar-refractivity contribution in [2.45, 2.75) is 13.0 Å². The quantitative estimate of drug-likeness (QED) is 0.708. The Kier molecular flexibility index (Phi) is 3.86. The SMILES string of the molecule is COc1cccc(C(C)N(C)C)c1C=O. The average Bonchev–Trinajstić information content (AvgIpc) is 2.26. The molecule has 0 fully saturated rings. The zero-order chi connectivity index (χ0) is 11.4. The number of benzene rings is 1. The van der Waals surface area contributed by atoms with E-state index in [1.54, 1.807) is 13.2 Å². The van der Waals surface area contributed by atoms with Gasteiger partial charge in [0.25, 0.3) is 0 Å². The van der Waals surface area contributed by atoms with Crippen molar-refractivity contribution in [1.29, 1.82) is 0 Å². The average molecular weight is 207 g/mol. The zero-order valence-corrected chi connectivity index (χ0v) is 9.65. The lowest BCUT2D eigenvalue weighted by Crippen LogP contribution is -2.18. The van der Waals surface area contributed by atoms with Gasteiger partial charge in [-0.05, 0) is 32.6 Å². The molecular formula is C12H17NO2.